The van der Waals surface area contributed by atoms with Crippen molar-refractivity contribution in [3.63, 3.8) is 0 Å². The number of halogens is 1. The van der Waals surface area contributed by atoms with E-state index in [2.05, 4.69) is 16.9 Å². The second kappa shape index (κ2) is 3.83. The highest BCUT2D eigenvalue weighted by molar-refractivity contribution is 5.75. The summed E-state index contributed by atoms with van der Waals surface area (Å²) in [5.74, 6) is 0.819. The fraction of sp³-hybridized carbons (Fsp3) is 0.500. The maximum absolute atomic E-state index is 13.1. The molecule has 17 heavy (non-hydrogen) atoms. The molecule has 1 saturated carbocycles. The molecule has 1 aromatic heterocycles. The van der Waals surface area contributed by atoms with E-state index < -0.39 is 0 Å². The number of hydrogen-bond acceptors (Lipinski definition) is 1. The van der Waals surface area contributed by atoms with Crippen LogP contribution in [0.25, 0.3) is 11.0 Å². The summed E-state index contributed by atoms with van der Waals surface area (Å²) in [5, 5.41) is 0. The van der Waals surface area contributed by atoms with E-state index in [4.69, 9.17) is 0 Å². The third-order valence-corrected chi connectivity index (χ3v) is 3.97. The largest absolute Gasteiger partial charge is 0.341 e. The minimum atomic E-state index is -0.207. The van der Waals surface area contributed by atoms with Crippen molar-refractivity contribution in [3.8, 4) is 0 Å². The number of nitrogens with one attached hydrogen (secondary N) is 1. The van der Waals surface area contributed by atoms with Gasteiger partial charge in [0, 0.05) is 5.41 Å². The van der Waals surface area contributed by atoms with Gasteiger partial charge in [-0.2, -0.15) is 0 Å². The molecule has 0 amide bonds. The van der Waals surface area contributed by atoms with Crippen LogP contribution in [0.4, 0.5) is 4.39 Å². The summed E-state index contributed by atoms with van der Waals surface area (Å²) in [6.45, 7) is 2.26. The van der Waals surface area contributed by atoms with E-state index in [0.29, 0.717) is 0 Å². The number of nitrogens with zero attached hydrogens (tertiary/aromatic N) is 1. The third-order valence-electron chi connectivity index (χ3n) is 3.97. The van der Waals surface area contributed by atoms with E-state index in [1.807, 2.05) is 0 Å². The van der Waals surface area contributed by atoms with Crippen LogP contribution in [0.15, 0.2) is 18.2 Å². The zero-order chi connectivity index (χ0) is 11.9. The van der Waals surface area contributed by atoms with Gasteiger partial charge in [-0.1, -0.05) is 26.2 Å². The van der Waals surface area contributed by atoms with Crippen molar-refractivity contribution in [3.05, 3.63) is 29.8 Å². The number of aromatic nitrogens is 2. The normalized spacial score (nSPS) is 19.6. The maximum Gasteiger partial charge on any atom is 0.125 e. The Bertz CT molecular complexity index is 538. The van der Waals surface area contributed by atoms with Crippen LogP contribution in [0.5, 0.6) is 0 Å². The Morgan fingerprint density at radius 3 is 2.76 bits per heavy atom. The van der Waals surface area contributed by atoms with E-state index in [9.17, 15) is 4.39 Å². The van der Waals surface area contributed by atoms with Gasteiger partial charge in [0.05, 0.1) is 11.0 Å². The molecule has 0 saturated heterocycles. The highest BCUT2D eigenvalue weighted by atomic mass is 19.1. The Hall–Kier alpha value is -1.38. The molecule has 2 nitrogen and oxygen atoms in total. The van der Waals surface area contributed by atoms with Crippen LogP contribution in [0.2, 0.25) is 0 Å². The fourth-order valence-corrected chi connectivity index (χ4v) is 2.84. The number of imidazole rings is 1. The predicted octanol–water partition coefficient (Wildman–Crippen LogP) is 3.92. The molecule has 3 rings (SSSR count). The van der Waals surface area contributed by atoms with Gasteiger partial charge in [0.2, 0.25) is 0 Å². The van der Waals surface area contributed by atoms with Crippen LogP contribution in [0.1, 0.15) is 44.9 Å². The van der Waals surface area contributed by atoms with Crippen molar-refractivity contribution >= 4 is 11.0 Å². The second-order valence-electron chi connectivity index (χ2n) is 5.37. The molecule has 90 valence electrons. The summed E-state index contributed by atoms with van der Waals surface area (Å²) in [6, 6.07) is 4.74. The number of H-pyrrole nitrogens is 1. The van der Waals surface area contributed by atoms with Crippen LogP contribution >= 0.6 is 0 Å². The molecule has 0 bridgehead atoms. The zero-order valence-corrected chi connectivity index (χ0v) is 10.1. The van der Waals surface area contributed by atoms with Crippen molar-refractivity contribution in [2.24, 2.45) is 0 Å². The lowest BCUT2D eigenvalue weighted by Crippen LogP contribution is -2.26. The minimum absolute atomic E-state index is 0.147. The van der Waals surface area contributed by atoms with Crippen LogP contribution < -0.4 is 0 Å². The topological polar surface area (TPSA) is 28.7 Å². The standard InChI is InChI=1S/C14H17FN2/c1-14(7-3-2-4-8-14)13-16-11-6-5-10(15)9-12(11)17-13/h5-6,9H,2-4,7-8H2,1H3,(H,16,17). The van der Waals surface area contributed by atoms with Gasteiger partial charge in [0.1, 0.15) is 11.6 Å². The average molecular weight is 232 g/mol. The van der Waals surface area contributed by atoms with E-state index >= 15 is 0 Å². The monoisotopic (exact) mass is 232 g/mol. The van der Waals surface area contributed by atoms with E-state index in [0.717, 1.165) is 16.9 Å². The summed E-state index contributed by atoms with van der Waals surface area (Å²) in [5.41, 5.74) is 1.83. The molecule has 1 aliphatic rings. The number of aromatic amines is 1. The van der Waals surface area contributed by atoms with Gasteiger partial charge in [-0.3, -0.25) is 0 Å². The lowest BCUT2D eigenvalue weighted by molar-refractivity contribution is 0.306. The lowest BCUT2D eigenvalue weighted by Gasteiger charge is -2.31. The fourth-order valence-electron chi connectivity index (χ4n) is 2.84. The summed E-state index contributed by atoms with van der Waals surface area (Å²) in [4.78, 5) is 7.92. The molecular weight excluding hydrogens is 215 g/mol. The molecule has 0 spiro atoms. The maximum atomic E-state index is 13.1. The number of benzene rings is 1. The van der Waals surface area contributed by atoms with Crippen LogP contribution in [0.3, 0.4) is 0 Å². The summed E-state index contributed by atoms with van der Waals surface area (Å²) >= 11 is 0. The number of fused-ring (bicyclic) bond motifs is 1. The number of hydrogen-bond donors (Lipinski definition) is 1. The van der Waals surface area contributed by atoms with Crippen LogP contribution in [0, 0.1) is 5.82 Å². The molecule has 0 atom stereocenters. The van der Waals surface area contributed by atoms with E-state index in [1.54, 1.807) is 6.07 Å². The van der Waals surface area contributed by atoms with Gasteiger partial charge in [-0.05, 0) is 31.0 Å². The highest BCUT2D eigenvalue weighted by Gasteiger charge is 2.31. The summed E-state index contributed by atoms with van der Waals surface area (Å²) in [7, 11) is 0. The SMILES string of the molecule is CC1(c2nc3ccc(F)cc3[nH]2)CCCCC1. The Morgan fingerprint density at radius 1 is 1.24 bits per heavy atom. The molecule has 2 aromatic rings. The Balaban J connectivity index is 2.05. The van der Waals surface area contributed by atoms with Crippen LogP contribution in [-0.2, 0) is 5.41 Å². The molecule has 1 aliphatic carbocycles. The van der Waals surface area contributed by atoms with Gasteiger partial charge in [0.25, 0.3) is 0 Å². The molecule has 1 fully saturated rings. The molecule has 1 heterocycles. The van der Waals surface area contributed by atoms with Gasteiger partial charge in [-0.15, -0.1) is 0 Å². The molecule has 1 aromatic carbocycles. The first-order valence-electron chi connectivity index (χ1n) is 6.33. The first-order valence-corrected chi connectivity index (χ1v) is 6.33. The molecule has 1 N–H and O–H groups in total. The molecular formula is C14H17FN2. The van der Waals surface area contributed by atoms with Crippen molar-refractivity contribution in [1.29, 1.82) is 0 Å². The van der Waals surface area contributed by atoms with Crippen molar-refractivity contribution < 1.29 is 4.39 Å². The summed E-state index contributed by atoms with van der Waals surface area (Å²) in [6.07, 6.45) is 6.21. The number of rotatable bonds is 1. The molecule has 0 unspecified atom stereocenters. The first kappa shape index (κ1) is 10.8. The van der Waals surface area contributed by atoms with Crippen LogP contribution in [-0.4, -0.2) is 9.97 Å². The molecule has 0 aliphatic heterocycles. The van der Waals surface area contributed by atoms with E-state index in [-0.39, 0.29) is 11.2 Å². The van der Waals surface area contributed by atoms with Crippen molar-refractivity contribution in [2.75, 3.05) is 0 Å². The van der Waals surface area contributed by atoms with Crippen molar-refractivity contribution in [1.82, 2.24) is 9.97 Å². The minimum Gasteiger partial charge on any atom is -0.341 e. The van der Waals surface area contributed by atoms with Gasteiger partial charge >= 0.3 is 0 Å². The Labute approximate surface area is 100 Å². The highest BCUT2D eigenvalue weighted by Crippen LogP contribution is 2.38. The van der Waals surface area contributed by atoms with E-state index in [1.165, 1.54) is 44.2 Å². The summed E-state index contributed by atoms with van der Waals surface area (Å²) < 4.78 is 13.1. The molecule has 0 radical (unpaired) electrons. The Kier molecular flexibility index (Phi) is 2.42. The average Bonchev–Trinajstić information content (AvgIpc) is 2.73. The first-order chi connectivity index (χ1) is 8.17. The second-order valence-corrected chi connectivity index (χ2v) is 5.37. The molecule has 3 heteroatoms. The van der Waals surface area contributed by atoms with Crippen molar-refractivity contribution in [2.45, 2.75) is 44.4 Å². The third kappa shape index (κ3) is 1.84. The zero-order valence-electron chi connectivity index (χ0n) is 10.1. The Morgan fingerprint density at radius 2 is 2.00 bits per heavy atom. The lowest BCUT2D eigenvalue weighted by atomic mass is 9.75. The predicted molar refractivity (Wildman–Crippen MR) is 66.5 cm³/mol. The smallest absolute Gasteiger partial charge is 0.125 e. The quantitative estimate of drug-likeness (QED) is 0.793. The van der Waals surface area contributed by atoms with Gasteiger partial charge in [-0.25, -0.2) is 9.37 Å². The van der Waals surface area contributed by atoms with Gasteiger partial charge in [0.15, 0.2) is 0 Å². The van der Waals surface area contributed by atoms with Gasteiger partial charge < -0.3 is 4.98 Å².